The van der Waals surface area contributed by atoms with Crippen LogP contribution < -0.4 is 15.2 Å². The fourth-order valence-corrected chi connectivity index (χ4v) is 3.38. The molecule has 0 heterocycles. The summed E-state index contributed by atoms with van der Waals surface area (Å²) in [6.45, 7) is 0. The minimum atomic E-state index is 0.473. The monoisotopic (exact) mass is 297 g/mol. The Morgan fingerprint density at radius 3 is 2.41 bits per heavy atom. The molecule has 3 nitrogen and oxygen atoms in total. The van der Waals surface area contributed by atoms with E-state index in [1.807, 2.05) is 12.1 Å². The Hall–Kier alpha value is -2.16. The van der Waals surface area contributed by atoms with Crippen molar-refractivity contribution in [2.75, 3.05) is 20.0 Å². The van der Waals surface area contributed by atoms with Crippen LogP contribution in [0.4, 0.5) is 5.69 Å². The number of aryl methyl sites for hydroxylation is 1. The molecular weight excluding hydrogens is 274 g/mol. The first-order valence-electron chi connectivity index (χ1n) is 7.80. The van der Waals surface area contributed by atoms with Crippen LogP contribution in [-0.2, 0) is 12.8 Å². The molecule has 3 rings (SSSR count). The van der Waals surface area contributed by atoms with Gasteiger partial charge in [-0.2, -0.15) is 0 Å². The van der Waals surface area contributed by atoms with Crippen molar-refractivity contribution in [2.45, 2.75) is 31.6 Å². The van der Waals surface area contributed by atoms with Crippen LogP contribution >= 0.6 is 0 Å². The van der Waals surface area contributed by atoms with E-state index in [-0.39, 0.29) is 0 Å². The van der Waals surface area contributed by atoms with Crippen LogP contribution in [0.2, 0.25) is 0 Å². The average Bonchev–Trinajstić information content (AvgIpc) is 2.75. The topological polar surface area (TPSA) is 44.5 Å². The van der Waals surface area contributed by atoms with Gasteiger partial charge in [-0.1, -0.05) is 12.1 Å². The van der Waals surface area contributed by atoms with E-state index < -0.39 is 0 Å². The number of fused-ring (bicyclic) bond motifs is 1. The number of nitrogens with two attached hydrogens (primary N) is 1. The minimum absolute atomic E-state index is 0.473. The van der Waals surface area contributed by atoms with E-state index in [9.17, 15) is 0 Å². The molecule has 1 aliphatic rings. The molecular formula is C19H23NO2. The van der Waals surface area contributed by atoms with Gasteiger partial charge in [-0.25, -0.2) is 0 Å². The lowest BCUT2D eigenvalue weighted by Gasteiger charge is -2.18. The van der Waals surface area contributed by atoms with Gasteiger partial charge in [-0.15, -0.1) is 0 Å². The Morgan fingerprint density at radius 1 is 0.955 bits per heavy atom. The summed E-state index contributed by atoms with van der Waals surface area (Å²) in [5, 5.41) is 0. The molecule has 1 unspecified atom stereocenters. The predicted molar refractivity (Wildman–Crippen MR) is 89.8 cm³/mol. The van der Waals surface area contributed by atoms with Gasteiger partial charge in [0.15, 0.2) is 0 Å². The molecule has 0 fully saturated rings. The van der Waals surface area contributed by atoms with Crippen LogP contribution in [0, 0.1) is 0 Å². The first kappa shape index (κ1) is 14.8. The second kappa shape index (κ2) is 6.30. The number of benzene rings is 2. The van der Waals surface area contributed by atoms with Gasteiger partial charge in [0.2, 0.25) is 0 Å². The zero-order valence-corrected chi connectivity index (χ0v) is 13.3. The second-order valence-corrected chi connectivity index (χ2v) is 5.92. The van der Waals surface area contributed by atoms with Crippen molar-refractivity contribution in [3.05, 3.63) is 53.1 Å². The third-order valence-corrected chi connectivity index (χ3v) is 4.61. The normalized spacial score (nSPS) is 17.5. The highest BCUT2D eigenvalue weighted by atomic mass is 16.5. The van der Waals surface area contributed by atoms with E-state index in [2.05, 4.69) is 24.3 Å². The van der Waals surface area contributed by atoms with Crippen molar-refractivity contribution in [3.8, 4) is 11.5 Å². The second-order valence-electron chi connectivity index (χ2n) is 5.92. The predicted octanol–water partition coefficient (Wildman–Crippen LogP) is 3.95. The van der Waals surface area contributed by atoms with Crippen LogP contribution in [0.5, 0.6) is 11.5 Å². The lowest BCUT2D eigenvalue weighted by molar-refractivity contribution is 0.414. The summed E-state index contributed by atoms with van der Waals surface area (Å²) in [5.74, 6) is 2.24. The largest absolute Gasteiger partial charge is 0.497 e. The van der Waals surface area contributed by atoms with Crippen molar-refractivity contribution in [1.82, 2.24) is 0 Å². The molecule has 2 aromatic rings. The van der Waals surface area contributed by atoms with Crippen LogP contribution in [0.3, 0.4) is 0 Å². The Balaban J connectivity index is 1.89. The number of ether oxygens (including phenoxy) is 2. The van der Waals surface area contributed by atoms with Gasteiger partial charge < -0.3 is 15.2 Å². The average molecular weight is 297 g/mol. The fraction of sp³-hybridized carbons (Fsp3) is 0.368. The molecule has 0 aliphatic heterocycles. The quantitative estimate of drug-likeness (QED) is 0.689. The highest BCUT2D eigenvalue weighted by Gasteiger charge is 2.20. The van der Waals surface area contributed by atoms with E-state index in [0.29, 0.717) is 5.92 Å². The molecule has 3 heteroatoms. The molecule has 1 atom stereocenters. The van der Waals surface area contributed by atoms with Gasteiger partial charge in [-0.05, 0) is 66.5 Å². The molecule has 0 saturated carbocycles. The van der Waals surface area contributed by atoms with Crippen molar-refractivity contribution >= 4 is 5.69 Å². The van der Waals surface area contributed by atoms with Crippen LogP contribution in [0.1, 0.15) is 35.4 Å². The van der Waals surface area contributed by atoms with Gasteiger partial charge in [0.05, 0.1) is 14.2 Å². The summed E-state index contributed by atoms with van der Waals surface area (Å²) in [4.78, 5) is 0. The molecule has 0 amide bonds. The lowest BCUT2D eigenvalue weighted by Crippen LogP contribution is -2.05. The van der Waals surface area contributed by atoms with Crippen molar-refractivity contribution in [3.63, 3.8) is 0 Å². The summed E-state index contributed by atoms with van der Waals surface area (Å²) in [6.07, 6.45) is 4.48. The summed E-state index contributed by atoms with van der Waals surface area (Å²) in [5.41, 5.74) is 11.1. The maximum atomic E-state index is 6.24. The van der Waals surface area contributed by atoms with Crippen molar-refractivity contribution in [1.29, 1.82) is 0 Å². The van der Waals surface area contributed by atoms with Crippen LogP contribution in [0.15, 0.2) is 36.4 Å². The SMILES string of the molecule is COc1ccc(C2CCCc3cc(OC)ccc3C2)c(N)c1. The number of methoxy groups -OCH3 is 2. The number of hydrogen-bond acceptors (Lipinski definition) is 3. The Bertz CT molecular complexity index is 666. The zero-order chi connectivity index (χ0) is 15.5. The molecule has 0 spiro atoms. The summed E-state index contributed by atoms with van der Waals surface area (Å²) in [7, 11) is 3.39. The van der Waals surface area contributed by atoms with E-state index >= 15 is 0 Å². The molecule has 0 saturated heterocycles. The molecule has 22 heavy (non-hydrogen) atoms. The van der Waals surface area contributed by atoms with E-state index in [4.69, 9.17) is 15.2 Å². The number of hydrogen-bond donors (Lipinski definition) is 1. The molecule has 2 N–H and O–H groups in total. The third-order valence-electron chi connectivity index (χ3n) is 4.61. The third kappa shape index (κ3) is 2.89. The molecule has 0 radical (unpaired) electrons. The van der Waals surface area contributed by atoms with Gasteiger partial charge in [0, 0.05) is 11.8 Å². The maximum absolute atomic E-state index is 6.24. The van der Waals surface area contributed by atoms with E-state index in [0.717, 1.165) is 36.4 Å². The number of anilines is 1. The van der Waals surface area contributed by atoms with Gasteiger partial charge in [0.1, 0.15) is 11.5 Å². The first-order valence-corrected chi connectivity index (χ1v) is 7.80. The zero-order valence-electron chi connectivity index (χ0n) is 13.3. The number of rotatable bonds is 3. The highest BCUT2D eigenvalue weighted by molar-refractivity contribution is 5.54. The van der Waals surface area contributed by atoms with E-state index in [1.165, 1.54) is 23.1 Å². The van der Waals surface area contributed by atoms with E-state index in [1.54, 1.807) is 14.2 Å². The Kier molecular flexibility index (Phi) is 4.23. The molecule has 1 aliphatic carbocycles. The van der Waals surface area contributed by atoms with Gasteiger partial charge in [-0.3, -0.25) is 0 Å². The smallest absolute Gasteiger partial charge is 0.120 e. The summed E-state index contributed by atoms with van der Waals surface area (Å²) < 4.78 is 10.6. The van der Waals surface area contributed by atoms with Crippen molar-refractivity contribution in [2.24, 2.45) is 0 Å². The fourth-order valence-electron chi connectivity index (χ4n) is 3.38. The Morgan fingerprint density at radius 2 is 1.68 bits per heavy atom. The van der Waals surface area contributed by atoms with Gasteiger partial charge in [0.25, 0.3) is 0 Å². The molecule has 116 valence electrons. The van der Waals surface area contributed by atoms with Crippen molar-refractivity contribution < 1.29 is 9.47 Å². The molecule has 2 aromatic carbocycles. The lowest BCUT2D eigenvalue weighted by atomic mass is 9.89. The van der Waals surface area contributed by atoms with Crippen LogP contribution in [0.25, 0.3) is 0 Å². The highest BCUT2D eigenvalue weighted by Crippen LogP contribution is 2.36. The minimum Gasteiger partial charge on any atom is -0.497 e. The summed E-state index contributed by atoms with van der Waals surface area (Å²) >= 11 is 0. The Labute approximate surface area is 132 Å². The molecule has 0 aromatic heterocycles. The van der Waals surface area contributed by atoms with Gasteiger partial charge >= 0.3 is 0 Å². The number of nitrogen functional groups attached to an aromatic ring is 1. The maximum Gasteiger partial charge on any atom is 0.120 e. The first-order chi connectivity index (χ1) is 10.7. The standard InChI is InChI=1S/C19H23NO2/c1-21-16-7-6-14-10-15(5-3-4-13(14)11-16)18-9-8-17(22-2)12-19(18)20/h6-9,11-12,15H,3-5,10,20H2,1-2H3. The summed E-state index contributed by atoms with van der Waals surface area (Å²) in [6, 6.07) is 12.5. The molecule has 0 bridgehead atoms. The van der Waals surface area contributed by atoms with Crippen LogP contribution in [-0.4, -0.2) is 14.2 Å².